The Morgan fingerprint density at radius 1 is 1.46 bits per heavy atom. The largest absolute Gasteiger partial charge is 0.309 e. The molecule has 24 heavy (non-hydrogen) atoms. The summed E-state index contributed by atoms with van der Waals surface area (Å²) in [6, 6.07) is -0.825. The lowest BCUT2D eigenvalue weighted by Gasteiger charge is -2.09. The van der Waals surface area contributed by atoms with E-state index >= 15 is 0 Å². The highest BCUT2D eigenvalue weighted by Gasteiger charge is 2.22. The molecule has 128 valence electrons. The monoisotopic (exact) mass is 337 g/mol. The number of nitrogens with zero attached hydrogens (tertiary/aromatic N) is 6. The molecule has 0 spiro atoms. The molecule has 0 aliphatic heterocycles. The third kappa shape index (κ3) is 3.29. The molecule has 0 radical (unpaired) electrons. The fraction of sp³-hybridized carbons (Fsp3) is 0.385. The summed E-state index contributed by atoms with van der Waals surface area (Å²) in [6.45, 7) is 4.60. The molecule has 1 amide bonds. The number of hydrazone groups is 1. The SMILES string of the molecule is Cc1nn([C@@H](C)C(=O)N/N=C\c2c(C)nn(C)c2F)cc1[N+](=O)[O-]. The van der Waals surface area contributed by atoms with Gasteiger partial charge in [-0.3, -0.25) is 19.6 Å². The molecule has 0 unspecified atom stereocenters. The first-order valence-corrected chi connectivity index (χ1v) is 6.94. The third-order valence-corrected chi connectivity index (χ3v) is 3.43. The molecule has 0 saturated heterocycles. The van der Waals surface area contributed by atoms with Crippen molar-refractivity contribution in [1.82, 2.24) is 25.0 Å². The fourth-order valence-electron chi connectivity index (χ4n) is 2.02. The van der Waals surface area contributed by atoms with E-state index < -0.39 is 22.8 Å². The zero-order valence-corrected chi connectivity index (χ0v) is 13.5. The lowest BCUT2D eigenvalue weighted by Crippen LogP contribution is -2.27. The molecule has 1 N–H and O–H groups in total. The highest BCUT2D eigenvalue weighted by atomic mass is 19.1. The first kappa shape index (κ1) is 17.2. The Balaban J connectivity index is 2.08. The van der Waals surface area contributed by atoms with Crippen molar-refractivity contribution in [3.63, 3.8) is 0 Å². The van der Waals surface area contributed by atoms with E-state index in [2.05, 4.69) is 20.7 Å². The molecule has 0 fully saturated rings. The molecule has 0 aromatic carbocycles. The molecule has 0 bridgehead atoms. The summed E-state index contributed by atoms with van der Waals surface area (Å²) in [5.74, 6) is -1.12. The van der Waals surface area contributed by atoms with Crippen LogP contribution in [-0.2, 0) is 11.8 Å². The van der Waals surface area contributed by atoms with Gasteiger partial charge in [0.2, 0.25) is 5.95 Å². The van der Waals surface area contributed by atoms with E-state index in [1.165, 1.54) is 31.8 Å². The summed E-state index contributed by atoms with van der Waals surface area (Å²) in [5.41, 5.74) is 2.87. The van der Waals surface area contributed by atoms with Gasteiger partial charge in [0.25, 0.3) is 5.91 Å². The van der Waals surface area contributed by atoms with Crippen LogP contribution in [0, 0.1) is 29.9 Å². The summed E-state index contributed by atoms with van der Waals surface area (Å²) >= 11 is 0. The van der Waals surface area contributed by atoms with Crippen molar-refractivity contribution in [2.45, 2.75) is 26.8 Å². The van der Waals surface area contributed by atoms with Crippen molar-refractivity contribution >= 4 is 17.8 Å². The lowest BCUT2D eigenvalue weighted by molar-refractivity contribution is -0.385. The van der Waals surface area contributed by atoms with Crippen LogP contribution in [0.3, 0.4) is 0 Å². The molecular weight excluding hydrogens is 321 g/mol. The first-order chi connectivity index (χ1) is 11.2. The van der Waals surface area contributed by atoms with Gasteiger partial charge in [-0.1, -0.05) is 0 Å². The number of hydrogen-bond donors (Lipinski definition) is 1. The van der Waals surface area contributed by atoms with Gasteiger partial charge < -0.3 is 0 Å². The summed E-state index contributed by atoms with van der Waals surface area (Å²) < 4.78 is 15.9. The number of aryl methyl sites for hydroxylation is 3. The number of carbonyl (C=O) groups excluding carboxylic acids is 1. The number of amides is 1. The fourth-order valence-corrected chi connectivity index (χ4v) is 2.02. The highest BCUT2D eigenvalue weighted by Crippen LogP contribution is 2.18. The zero-order valence-electron chi connectivity index (χ0n) is 13.5. The Labute approximate surface area is 136 Å². The predicted molar refractivity (Wildman–Crippen MR) is 82.0 cm³/mol. The van der Waals surface area contributed by atoms with Gasteiger partial charge in [-0.15, -0.1) is 0 Å². The number of nitrogens with one attached hydrogen (secondary N) is 1. The van der Waals surface area contributed by atoms with E-state index in [9.17, 15) is 19.3 Å². The predicted octanol–water partition coefficient (Wildman–Crippen LogP) is 0.992. The Morgan fingerprint density at radius 3 is 2.62 bits per heavy atom. The summed E-state index contributed by atoms with van der Waals surface area (Å²) in [6.07, 6.45) is 2.33. The highest BCUT2D eigenvalue weighted by molar-refractivity contribution is 5.84. The van der Waals surface area contributed by atoms with Crippen LogP contribution in [0.5, 0.6) is 0 Å². The van der Waals surface area contributed by atoms with Crippen LogP contribution in [0.2, 0.25) is 0 Å². The van der Waals surface area contributed by atoms with Crippen molar-refractivity contribution in [2.75, 3.05) is 0 Å². The van der Waals surface area contributed by atoms with Crippen LogP contribution in [0.4, 0.5) is 10.1 Å². The van der Waals surface area contributed by atoms with Gasteiger partial charge in [0, 0.05) is 7.05 Å². The van der Waals surface area contributed by atoms with Crippen molar-refractivity contribution in [3.8, 4) is 0 Å². The second kappa shape index (κ2) is 6.56. The maximum absolute atomic E-state index is 13.7. The molecule has 0 aliphatic rings. The number of nitro groups is 1. The third-order valence-electron chi connectivity index (χ3n) is 3.43. The van der Waals surface area contributed by atoms with Gasteiger partial charge in [-0.2, -0.15) is 19.7 Å². The normalized spacial score (nSPS) is 12.5. The van der Waals surface area contributed by atoms with Crippen LogP contribution in [0.1, 0.15) is 29.9 Å². The number of carbonyl (C=O) groups is 1. The number of hydrogen-bond acceptors (Lipinski definition) is 6. The average Bonchev–Trinajstić information content (AvgIpc) is 3.01. The number of rotatable bonds is 5. The molecule has 2 rings (SSSR count). The molecule has 0 aliphatic carbocycles. The second-order valence-corrected chi connectivity index (χ2v) is 5.16. The number of aromatic nitrogens is 4. The van der Waals surface area contributed by atoms with E-state index in [0.717, 1.165) is 10.9 Å². The van der Waals surface area contributed by atoms with Crippen LogP contribution in [0.25, 0.3) is 0 Å². The lowest BCUT2D eigenvalue weighted by atomic mass is 10.3. The second-order valence-electron chi connectivity index (χ2n) is 5.16. The molecule has 2 heterocycles. The first-order valence-electron chi connectivity index (χ1n) is 6.94. The molecular formula is C13H16FN7O3. The van der Waals surface area contributed by atoms with E-state index in [1.807, 2.05) is 0 Å². The molecule has 11 heteroatoms. The van der Waals surface area contributed by atoms with Crippen molar-refractivity contribution in [3.05, 3.63) is 39.2 Å². The zero-order chi connectivity index (χ0) is 18.0. The van der Waals surface area contributed by atoms with E-state index in [0.29, 0.717) is 5.69 Å². The summed E-state index contributed by atoms with van der Waals surface area (Å²) in [5, 5.41) is 22.3. The molecule has 0 saturated carbocycles. The van der Waals surface area contributed by atoms with Crippen molar-refractivity contribution in [1.29, 1.82) is 0 Å². The Morgan fingerprint density at radius 2 is 2.12 bits per heavy atom. The van der Waals surface area contributed by atoms with Crippen LogP contribution < -0.4 is 5.43 Å². The molecule has 10 nitrogen and oxygen atoms in total. The minimum absolute atomic E-state index is 0.163. The summed E-state index contributed by atoms with van der Waals surface area (Å²) in [7, 11) is 1.45. The Bertz CT molecular complexity index is 824. The van der Waals surface area contributed by atoms with Gasteiger partial charge >= 0.3 is 5.69 Å². The number of halogens is 1. The topological polar surface area (TPSA) is 120 Å². The molecule has 2 aromatic heterocycles. The standard InChI is InChI=1S/C13H16FN7O3/c1-7-10(12(14)19(4)17-7)5-15-16-13(22)9(3)20-6-11(21(23)24)8(2)18-20/h5-6,9H,1-4H3,(H,16,22)/b15-5-/t9-/m0/s1. The minimum atomic E-state index is -0.825. The average molecular weight is 337 g/mol. The van der Waals surface area contributed by atoms with E-state index in [-0.39, 0.29) is 16.9 Å². The van der Waals surface area contributed by atoms with Gasteiger partial charge in [-0.25, -0.2) is 10.1 Å². The van der Waals surface area contributed by atoms with Gasteiger partial charge in [-0.05, 0) is 20.8 Å². The van der Waals surface area contributed by atoms with Crippen LogP contribution in [0.15, 0.2) is 11.3 Å². The maximum Gasteiger partial charge on any atom is 0.309 e. The minimum Gasteiger partial charge on any atom is -0.271 e. The van der Waals surface area contributed by atoms with Gasteiger partial charge in [0.05, 0.1) is 22.4 Å². The quantitative estimate of drug-likeness (QED) is 0.495. The Hall–Kier alpha value is -3.11. The maximum atomic E-state index is 13.7. The Kier molecular flexibility index (Phi) is 4.71. The smallest absolute Gasteiger partial charge is 0.271 e. The van der Waals surface area contributed by atoms with E-state index in [4.69, 9.17) is 0 Å². The van der Waals surface area contributed by atoms with E-state index in [1.54, 1.807) is 6.92 Å². The molecule has 2 aromatic rings. The van der Waals surface area contributed by atoms with Crippen molar-refractivity contribution in [2.24, 2.45) is 12.1 Å². The van der Waals surface area contributed by atoms with Gasteiger partial charge in [0.1, 0.15) is 17.9 Å². The van der Waals surface area contributed by atoms with Gasteiger partial charge in [0.15, 0.2) is 0 Å². The van der Waals surface area contributed by atoms with Crippen LogP contribution >= 0.6 is 0 Å². The van der Waals surface area contributed by atoms with Crippen molar-refractivity contribution < 1.29 is 14.1 Å². The summed E-state index contributed by atoms with van der Waals surface area (Å²) in [4.78, 5) is 22.3. The molecule has 1 atom stereocenters. The van der Waals surface area contributed by atoms with Crippen LogP contribution in [-0.4, -0.2) is 36.6 Å².